The van der Waals surface area contributed by atoms with E-state index in [1.165, 1.54) is 0 Å². The van der Waals surface area contributed by atoms with E-state index < -0.39 is 10.0 Å². The normalized spacial score (nSPS) is 15.7. The van der Waals surface area contributed by atoms with Gasteiger partial charge in [0.1, 0.15) is 0 Å². The summed E-state index contributed by atoms with van der Waals surface area (Å²) in [6, 6.07) is 13.4. The minimum Gasteiger partial charge on any atom is -0.353 e. The van der Waals surface area contributed by atoms with E-state index in [-0.39, 0.29) is 11.6 Å². The Labute approximate surface area is 161 Å². The summed E-state index contributed by atoms with van der Waals surface area (Å²) in [5, 5.41) is 8.24. The van der Waals surface area contributed by atoms with Crippen LogP contribution in [0, 0.1) is 0 Å². The molecule has 1 saturated heterocycles. The molecule has 0 saturated carbocycles. The minimum atomic E-state index is -3.43. The lowest BCUT2D eigenvalue weighted by molar-refractivity contribution is 0.270. The maximum Gasteiger partial charge on any atom is 0.233 e. The first kappa shape index (κ1) is 19.6. The number of benzene rings is 1. The molecule has 0 atom stereocenters. The Morgan fingerprint density at radius 3 is 2.37 bits per heavy atom. The molecule has 0 radical (unpaired) electrons. The largest absolute Gasteiger partial charge is 0.353 e. The summed E-state index contributed by atoms with van der Waals surface area (Å²) < 4.78 is 27.0. The van der Waals surface area contributed by atoms with Crippen LogP contribution in [-0.2, 0) is 16.4 Å². The summed E-state index contributed by atoms with van der Waals surface area (Å²) in [6.07, 6.45) is 1.29. The van der Waals surface area contributed by atoms with Gasteiger partial charge in [-0.1, -0.05) is 37.3 Å². The first-order valence-electron chi connectivity index (χ1n) is 9.41. The SMILES string of the molecule is CCN1CCN(c2ccc(NS(=O)(=O)CCCc3ccccc3)nn2)CC1. The van der Waals surface area contributed by atoms with Crippen LogP contribution in [0.1, 0.15) is 18.9 Å². The van der Waals surface area contributed by atoms with Crippen molar-refractivity contribution in [3.63, 3.8) is 0 Å². The third-order valence-electron chi connectivity index (χ3n) is 4.78. The number of aryl methyl sites for hydroxylation is 1. The van der Waals surface area contributed by atoms with Gasteiger partial charge in [-0.15, -0.1) is 10.2 Å². The molecule has 1 aliphatic rings. The van der Waals surface area contributed by atoms with Gasteiger partial charge in [-0.25, -0.2) is 8.42 Å². The number of hydrogen-bond donors (Lipinski definition) is 1. The van der Waals surface area contributed by atoms with Crippen molar-refractivity contribution in [2.75, 3.05) is 48.1 Å². The van der Waals surface area contributed by atoms with Gasteiger partial charge in [0.05, 0.1) is 5.75 Å². The molecule has 0 aliphatic carbocycles. The molecule has 2 aromatic rings. The molecular weight excluding hydrogens is 362 g/mol. The molecular formula is C19H27N5O2S. The highest BCUT2D eigenvalue weighted by atomic mass is 32.2. The second-order valence-corrected chi connectivity index (χ2v) is 8.55. The number of rotatable bonds is 8. The van der Waals surface area contributed by atoms with Crippen molar-refractivity contribution < 1.29 is 8.42 Å². The molecule has 27 heavy (non-hydrogen) atoms. The number of nitrogens with one attached hydrogen (secondary N) is 1. The lowest BCUT2D eigenvalue weighted by Gasteiger charge is -2.34. The Hall–Kier alpha value is -2.19. The smallest absolute Gasteiger partial charge is 0.233 e. The van der Waals surface area contributed by atoms with Crippen molar-refractivity contribution in [3.8, 4) is 0 Å². The van der Waals surface area contributed by atoms with E-state index >= 15 is 0 Å². The van der Waals surface area contributed by atoms with Gasteiger partial charge in [0, 0.05) is 26.2 Å². The van der Waals surface area contributed by atoms with E-state index in [9.17, 15) is 8.42 Å². The third kappa shape index (κ3) is 5.90. The molecule has 8 heteroatoms. The molecule has 0 amide bonds. The fraction of sp³-hybridized carbons (Fsp3) is 0.474. The summed E-state index contributed by atoms with van der Waals surface area (Å²) in [6.45, 7) is 7.06. The highest BCUT2D eigenvalue weighted by Gasteiger charge is 2.17. The molecule has 1 N–H and O–H groups in total. The summed E-state index contributed by atoms with van der Waals surface area (Å²) in [5.41, 5.74) is 1.14. The fourth-order valence-corrected chi connectivity index (χ4v) is 4.22. The summed E-state index contributed by atoms with van der Waals surface area (Å²) in [4.78, 5) is 4.57. The second-order valence-electron chi connectivity index (χ2n) is 6.71. The van der Waals surface area contributed by atoms with E-state index in [0.29, 0.717) is 6.42 Å². The van der Waals surface area contributed by atoms with Crippen LogP contribution in [0.5, 0.6) is 0 Å². The lowest BCUT2D eigenvalue weighted by Crippen LogP contribution is -2.46. The maximum absolute atomic E-state index is 12.3. The Kier molecular flexibility index (Phi) is 6.63. The topological polar surface area (TPSA) is 78.4 Å². The molecule has 2 heterocycles. The first-order chi connectivity index (χ1) is 13.1. The summed E-state index contributed by atoms with van der Waals surface area (Å²) >= 11 is 0. The standard InChI is InChI=1S/C19H27N5O2S/c1-2-23-12-14-24(15-13-23)19-11-10-18(20-21-19)22-27(25,26)16-6-9-17-7-4-3-5-8-17/h3-5,7-8,10-11H,2,6,9,12-16H2,1H3,(H,20,22). The van der Waals surface area contributed by atoms with Gasteiger partial charge in [-0.3, -0.25) is 4.72 Å². The Morgan fingerprint density at radius 2 is 1.74 bits per heavy atom. The number of likely N-dealkylation sites (N-methyl/N-ethyl adjacent to an activating group) is 1. The van der Waals surface area contributed by atoms with E-state index in [2.05, 4.69) is 31.6 Å². The van der Waals surface area contributed by atoms with Crippen LogP contribution >= 0.6 is 0 Å². The fourth-order valence-electron chi connectivity index (χ4n) is 3.16. The predicted molar refractivity (Wildman–Crippen MR) is 109 cm³/mol. The van der Waals surface area contributed by atoms with Crippen LogP contribution in [0.4, 0.5) is 11.6 Å². The van der Waals surface area contributed by atoms with Gasteiger partial charge in [0.25, 0.3) is 0 Å². The molecule has 1 aliphatic heterocycles. The Bertz CT molecular complexity index is 804. The van der Waals surface area contributed by atoms with Crippen molar-refractivity contribution in [3.05, 3.63) is 48.0 Å². The van der Waals surface area contributed by atoms with Crippen LogP contribution in [0.2, 0.25) is 0 Å². The van der Waals surface area contributed by atoms with Crippen molar-refractivity contribution in [2.45, 2.75) is 19.8 Å². The second kappa shape index (κ2) is 9.14. The van der Waals surface area contributed by atoms with Gasteiger partial charge in [0.15, 0.2) is 11.6 Å². The number of sulfonamides is 1. The number of anilines is 2. The van der Waals surface area contributed by atoms with Crippen LogP contribution in [0.3, 0.4) is 0 Å². The number of piperazine rings is 1. The van der Waals surface area contributed by atoms with Gasteiger partial charge in [-0.2, -0.15) is 0 Å². The number of hydrogen-bond acceptors (Lipinski definition) is 6. The van der Waals surface area contributed by atoms with E-state index in [0.717, 1.165) is 50.5 Å². The van der Waals surface area contributed by atoms with E-state index in [4.69, 9.17) is 0 Å². The zero-order valence-corrected chi connectivity index (χ0v) is 16.5. The Balaban J connectivity index is 1.49. The molecule has 1 aromatic heterocycles. The molecule has 0 unspecified atom stereocenters. The highest BCUT2D eigenvalue weighted by molar-refractivity contribution is 7.92. The van der Waals surface area contributed by atoms with Crippen LogP contribution in [-0.4, -0.2) is 62.0 Å². The molecule has 7 nitrogen and oxygen atoms in total. The van der Waals surface area contributed by atoms with Crippen molar-refractivity contribution in [1.82, 2.24) is 15.1 Å². The van der Waals surface area contributed by atoms with Gasteiger partial charge < -0.3 is 9.80 Å². The molecule has 3 rings (SSSR count). The van der Waals surface area contributed by atoms with Gasteiger partial charge in [-0.05, 0) is 37.1 Å². The van der Waals surface area contributed by atoms with Crippen molar-refractivity contribution in [1.29, 1.82) is 0 Å². The average molecular weight is 390 g/mol. The molecule has 146 valence electrons. The summed E-state index contributed by atoms with van der Waals surface area (Å²) in [5.74, 6) is 1.12. The highest BCUT2D eigenvalue weighted by Crippen LogP contribution is 2.15. The van der Waals surface area contributed by atoms with Crippen LogP contribution in [0.15, 0.2) is 42.5 Å². The van der Waals surface area contributed by atoms with E-state index in [1.807, 2.05) is 36.4 Å². The predicted octanol–water partition coefficient (Wildman–Crippen LogP) is 1.99. The lowest BCUT2D eigenvalue weighted by atomic mass is 10.1. The van der Waals surface area contributed by atoms with Crippen LogP contribution in [0.25, 0.3) is 0 Å². The molecule has 0 bridgehead atoms. The number of nitrogens with zero attached hydrogens (tertiary/aromatic N) is 4. The molecule has 0 spiro atoms. The number of aromatic nitrogens is 2. The monoisotopic (exact) mass is 389 g/mol. The van der Waals surface area contributed by atoms with E-state index in [1.54, 1.807) is 6.07 Å². The van der Waals surface area contributed by atoms with Gasteiger partial charge in [0.2, 0.25) is 10.0 Å². The zero-order valence-electron chi connectivity index (χ0n) is 15.7. The zero-order chi connectivity index (χ0) is 19.1. The molecule has 1 aromatic carbocycles. The minimum absolute atomic E-state index is 0.0598. The average Bonchev–Trinajstić information content (AvgIpc) is 2.69. The van der Waals surface area contributed by atoms with Gasteiger partial charge >= 0.3 is 0 Å². The van der Waals surface area contributed by atoms with Crippen molar-refractivity contribution in [2.24, 2.45) is 0 Å². The maximum atomic E-state index is 12.3. The quantitative estimate of drug-likeness (QED) is 0.744. The summed E-state index contributed by atoms with van der Waals surface area (Å²) in [7, 11) is -3.43. The molecule has 1 fully saturated rings. The third-order valence-corrected chi connectivity index (χ3v) is 6.12. The van der Waals surface area contributed by atoms with Crippen LogP contribution < -0.4 is 9.62 Å². The van der Waals surface area contributed by atoms with Crippen molar-refractivity contribution >= 4 is 21.7 Å². The first-order valence-corrected chi connectivity index (χ1v) is 11.1. The Morgan fingerprint density at radius 1 is 1.00 bits per heavy atom.